The van der Waals surface area contributed by atoms with E-state index in [1.807, 2.05) is 0 Å². The van der Waals surface area contributed by atoms with Gasteiger partial charge in [0.25, 0.3) is 5.91 Å². The number of rotatable bonds is 4. The lowest BCUT2D eigenvalue weighted by atomic mass is 10.2. The highest BCUT2D eigenvalue weighted by atomic mass is 16.7. The standard InChI is InChI=1S/C11H18N4O2/c1-15-7-8(6-13-15)10(12)11(16)14-17-9-4-2-3-5-9/h6-7,9-10H,2-5,12H2,1H3,(H,14,16). The zero-order valence-electron chi connectivity index (χ0n) is 9.93. The van der Waals surface area contributed by atoms with Gasteiger partial charge in [0.1, 0.15) is 6.04 Å². The van der Waals surface area contributed by atoms with Crippen LogP contribution in [0.1, 0.15) is 37.3 Å². The molecule has 0 spiro atoms. The predicted octanol–water partition coefficient (Wildman–Crippen LogP) is 0.410. The zero-order valence-corrected chi connectivity index (χ0v) is 9.93. The Morgan fingerprint density at radius 3 is 2.94 bits per heavy atom. The fraction of sp³-hybridized carbons (Fsp3) is 0.636. The summed E-state index contributed by atoms with van der Waals surface area (Å²) in [6.45, 7) is 0. The van der Waals surface area contributed by atoms with Crippen molar-refractivity contribution in [3.8, 4) is 0 Å². The molecule has 17 heavy (non-hydrogen) atoms. The van der Waals surface area contributed by atoms with E-state index in [2.05, 4.69) is 10.6 Å². The van der Waals surface area contributed by atoms with Crippen molar-refractivity contribution in [3.05, 3.63) is 18.0 Å². The molecule has 1 saturated carbocycles. The van der Waals surface area contributed by atoms with Crippen LogP contribution in [0, 0.1) is 0 Å². The molecule has 1 aromatic heterocycles. The Morgan fingerprint density at radius 1 is 1.65 bits per heavy atom. The van der Waals surface area contributed by atoms with Crippen LogP contribution in [-0.4, -0.2) is 21.8 Å². The highest BCUT2D eigenvalue weighted by molar-refractivity contribution is 5.81. The third-order valence-corrected chi connectivity index (χ3v) is 2.99. The van der Waals surface area contributed by atoms with Gasteiger partial charge in [-0.05, 0) is 12.8 Å². The highest BCUT2D eigenvalue weighted by Gasteiger charge is 2.21. The van der Waals surface area contributed by atoms with Crippen LogP contribution in [0.4, 0.5) is 0 Å². The van der Waals surface area contributed by atoms with Crippen LogP contribution in [0.3, 0.4) is 0 Å². The van der Waals surface area contributed by atoms with Crippen molar-refractivity contribution in [1.82, 2.24) is 15.3 Å². The van der Waals surface area contributed by atoms with E-state index in [4.69, 9.17) is 10.6 Å². The van der Waals surface area contributed by atoms with E-state index < -0.39 is 6.04 Å². The molecule has 0 bridgehead atoms. The molecule has 6 heteroatoms. The van der Waals surface area contributed by atoms with Gasteiger partial charge in [0.05, 0.1) is 12.3 Å². The lowest BCUT2D eigenvalue weighted by molar-refractivity contribution is -0.139. The minimum Gasteiger partial charge on any atom is -0.316 e. The van der Waals surface area contributed by atoms with Gasteiger partial charge in [-0.2, -0.15) is 5.10 Å². The first-order valence-corrected chi connectivity index (χ1v) is 5.86. The van der Waals surface area contributed by atoms with Gasteiger partial charge in [0, 0.05) is 18.8 Å². The number of hydrogen-bond donors (Lipinski definition) is 2. The molecule has 6 nitrogen and oxygen atoms in total. The lowest BCUT2D eigenvalue weighted by Crippen LogP contribution is -2.36. The van der Waals surface area contributed by atoms with Crippen molar-refractivity contribution >= 4 is 5.91 Å². The van der Waals surface area contributed by atoms with E-state index in [1.165, 1.54) is 0 Å². The molecule has 0 saturated heterocycles. The van der Waals surface area contributed by atoms with Crippen LogP contribution in [0.15, 0.2) is 12.4 Å². The van der Waals surface area contributed by atoms with Crippen molar-refractivity contribution < 1.29 is 9.63 Å². The second-order valence-electron chi connectivity index (χ2n) is 4.42. The minimum atomic E-state index is -0.731. The van der Waals surface area contributed by atoms with Gasteiger partial charge < -0.3 is 5.73 Å². The van der Waals surface area contributed by atoms with E-state index in [9.17, 15) is 4.79 Å². The molecule has 1 fully saturated rings. The molecule has 1 aliphatic carbocycles. The Bertz CT molecular complexity index is 385. The molecule has 1 amide bonds. The molecule has 2 rings (SSSR count). The molecule has 1 heterocycles. The maximum absolute atomic E-state index is 11.7. The van der Waals surface area contributed by atoms with Gasteiger partial charge >= 0.3 is 0 Å². The summed E-state index contributed by atoms with van der Waals surface area (Å²) in [6.07, 6.45) is 7.77. The third-order valence-electron chi connectivity index (χ3n) is 2.99. The van der Waals surface area contributed by atoms with Crippen molar-refractivity contribution in [1.29, 1.82) is 0 Å². The average molecular weight is 238 g/mol. The quantitative estimate of drug-likeness (QED) is 0.744. The fourth-order valence-electron chi connectivity index (χ4n) is 1.96. The van der Waals surface area contributed by atoms with E-state index in [1.54, 1.807) is 24.1 Å². The molecule has 0 aromatic carbocycles. The molecule has 94 valence electrons. The van der Waals surface area contributed by atoms with Crippen LogP contribution in [0.5, 0.6) is 0 Å². The number of carbonyl (C=O) groups excluding carboxylic acids is 1. The third kappa shape index (κ3) is 3.04. The summed E-state index contributed by atoms with van der Waals surface area (Å²) in [4.78, 5) is 17.0. The SMILES string of the molecule is Cn1cc(C(N)C(=O)NOC2CCCC2)cn1. The molecular formula is C11H18N4O2. The van der Waals surface area contributed by atoms with E-state index in [0.717, 1.165) is 25.7 Å². The number of hydrogen-bond acceptors (Lipinski definition) is 4. The zero-order chi connectivity index (χ0) is 12.3. The molecule has 3 N–H and O–H groups in total. The highest BCUT2D eigenvalue weighted by Crippen LogP contribution is 2.20. The van der Waals surface area contributed by atoms with E-state index >= 15 is 0 Å². The van der Waals surface area contributed by atoms with Crippen molar-refractivity contribution in [2.45, 2.75) is 37.8 Å². The Morgan fingerprint density at radius 2 is 2.35 bits per heavy atom. The lowest BCUT2D eigenvalue weighted by Gasteiger charge is -2.14. The summed E-state index contributed by atoms with van der Waals surface area (Å²) >= 11 is 0. The van der Waals surface area contributed by atoms with Gasteiger partial charge in [-0.1, -0.05) is 12.8 Å². The number of aryl methyl sites for hydroxylation is 1. The normalized spacial score (nSPS) is 18.2. The van der Waals surface area contributed by atoms with Gasteiger partial charge in [-0.3, -0.25) is 14.3 Å². The first kappa shape index (κ1) is 12.1. The van der Waals surface area contributed by atoms with Crippen molar-refractivity contribution in [2.24, 2.45) is 12.8 Å². The second-order valence-corrected chi connectivity index (χ2v) is 4.42. The molecule has 1 atom stereocenters. The maximum atomic E-state index is 11.7. The Kier molecular flexibility index (Phi) is 3.75. The monoisotopic (exact) mass is 238 g/mol. The molecular weight excluding hydrogens is 220 g/mol. The van der Waals surface area contributed by atoms with Crippen LogP contribution in [0.2, 0.25) is 0 Å². The molecule has 1 aliphatic rings. The number of nitrogens with two attached hydrogens (primary N) is 1. The summed E-state index contributed by atoms with van der Waals surface area (Å²) in [5.74, 6) is -0.329. The van der Waals surface area contributed by atoms with Crippen LogP contribution in [-0.2, 0) is 16.7 Å². The van der Waals surface area contributed by atoms with Gasteiger partial charge in [0.2, 0.25) is 0 Å². The second kappa shape index (κ2) is 5.29. The topological polar surface area (TPSA) is 82.2 Å². The summed E-state index contributed by atoms with van der Waals surface area (Å²) in [5.41, 5.74) is 8.90. The van der Waals surface area contributed by atoms with Crippen LogP contribution >= 0.6 is 0 Å². The number of hydroxylamine groups is 1. The smallest absolute Gasteiger partial charge is 0.265 e. The summed E-state index contributed by atoms with van der Waals surface area (Å²) < 4.78 is 1.61. The molecule has 1 aromatic rings. The summed E-state index contributed by atoms with van der Waals surface area (Å²) in [5, 5.41) is 3.97. The largest absolute Gasteiger partial charge is 0.316 e. The number of nitrogens with one attached hydrogen (secondary N) is 1. The van der Waals surface area contributed by atoms with E-state index in [0.29, 0.717) is 5.56 Å². The predicted molar refractivity (Wildman–Crippen MR) is 61.6 cm³/mol. The van der Waals surface area contributed by atoms with Gasteiger partial charge in [0.15, 0.2) is 0 Å². The Labute approximate surface area is 100 Å². The molecule has 1 unspecified atom stereocenters. The Balaban J connectivity index is 1.82. The van der Waals surface area contributed by atoms with Crippen LogP contribution in [0.25, 0.3) is 0 Å². The number of carbonyl (C=O) groups is 1. The fourth-order valence-corrected chi connectivity index (χ4v) is 1.96. The summed E-state index contributed by atoms with van der Waals surface area (Å²) in [6, 6.07) is -0.731. The van der Waals surface area contributed by atoms with Crippen molar-refractivity contribution in [2.75, 3.05) is 0 Å². The average Bonchev–Trinajstić information content (AvgIpc) is 2.95. The Hall–Kier alpha value is -1.40. The van der Waals surface area contributed by atoms with Gasteiger partial charge in [-0.25, -0.2) is 5.48 Å². The number of aromatic nitrogens is 2. The molecule has 0 aliphatic heterocycles. The van der Waals surface area contributed by atoms with E-state index in [-0.39, 0.29) is 12.0 Å². The maximum Gasteiger partial charge on any atom is 0.265 e. The van der Waals surface area contributed by atoms with Crippen LogP contribution < -0.4 is 11.2 Å². The van der Waals surface area contributed by atoms with Gasteiger partial charge in [-0.15, -0.1) is 0 Å². The minimum absolute atomic E-state index is 0.139. The number of nitrogens with zero attached hydrogens (tertiary/aromatic N) is 2. The first-order valence-electron chi connectivity index (χ1n) is 5.86. The number of amides is 1. The van der Waals surface area contributed by atoms with Crippen molar-refractivity contribution in [3.63, 3.8) is 0 Å². The first-order chi connectivity index (χ1) is 8.16. The molecule has 0 radical (unpaired) electrons. The summed E-state index contributed by atoms with van der Waals surface area (Å²) in [7, 11) is 1.78.